The molecule has 20 heavy (non-hydrogen) atoms. The van der Waals surface area contributed by atoms with Gasteiger partial charge in [0.05, 0.1) is 6.42 Å². The fourth-order valence-electron chi connectivity index (χ4n) is 1.22. The summed E-state index contributed by atoms with van der Waals surface area (Å²) in [4.78, 5) is 23.5. The predicted octanol–water partition coefficient (Wildman–Crippen LogP) is 2.72. The Hall–Kier alpha value is -0.390. The van der Waals surface area contributed by atoms with E-state index < -0.39 is 11.9 Å². The maximum absolute atomic E-state index is 10.1. The van der Waals surface area contributed by atoms with Gasteiger partial charge < -0.3 is 10.2 Å². The van der Waals surface area contributed by atoms with Crippen molar-refractivity contribution in [3.63, 3.8) is 0 Å². The van der Waals surface area contributed by atoms with Gasteiger partial charge in [-0.3, -0.25) is 14.6 Å². The Labute approximate surface area is 144 Å². The monoisotopic (exact) mass is 297 g/mol. The molecule has 114 valence electrons. The van der Waals surface area contributed by atoms with Crippen LogP contribution in [0.1, 0.15) is 65.2 Å². The summed E-state index contributed by atoms with van der Waals surface area (Å²) in [6, 6.07) is 0. The Balaban J connectivity index is -0.000000414. The van der Waals surface area contributed by atoms with Crippen LogP contribution < -0.4 is 0 Å². The van der Waals surface area contributed by atoms with Crippen molar-refractivity contribution in [2.24, 2.45) is 4.99 Å². The molecule has 6 heteroatoms. The summed E-state index contributed by atoms with van der Waals surface area (Å²) in [5.74, 6) is -1.55. The third-order valence-electron chi connectivity index (χ3n) is 2.34. The Kier molecular flexibility index (Phi) is 25.7. The number of carbonyl (C=O) groups is 2. The summed E-state index contributed by atoms with van der Waals surface area (Å²) < 4.78 is 0. The van der Waals surface area contributed by atoms with Crippen LogP contribution in [0.4, 0.5) is 0 Å². The molecule has 0 aromatic heterocycles. The molecule has 0 radical (unpaired) electrons. The zero-order valence-corrected chi connectivity index (χ0v) is 12.1. The van der Waals surface area contributed by atoms with E-state index >= 15 is 0 Å². The fraction of sp³-hybridized carbons (Fsp3) is 0.786. The van der Waals surface area contributed by atoms with Gasteiger partial charge >= 0.3 is 41.5 Å². The molecule has 0 fully saturated rings. The molecule has 0 aliphatic heterocycles. The Morgan fingerprint density at radius 1 is 0.950 bits per heavy atom. The minimum absolute atomic E-state index is 0. The predicted molar refractivity (Wildman–Crippen MR) is 84.1 cm³/mol. The zero-order chi connectivity index (χ0) is 14.9. The molecule has 2 N–H and O–H groups in total. The molecule has 0 saturated heterocycles. The number of rotatable bonds is 10. The molecule has 0 heterocycles. The normalized spacial score (nSPS) is 9.50. The molecular weight excluding hydrogens is 269 g/mol. The first kappa shape index (κ1) is 24.6. The number of unbranched alkanes of at least 4 members (excludes halogenated alkanes) is 5. The van der Waals surface area contributed by atoms with Crippen LogP contribution in [-0.4, -0.2) is 64.5 Å². The van der Waals surface area contributed by atoms with Crippen LogP contribution in [0.2, 0.25) is 0 Å². The number of carboxylic acids is 2. The molecule has 0 saturated carbocycles. The average molecular weight is 297 g/mol. The molecule has 5 nitrogen and oxygen atoms in total. The number of nitrogens with zero attached hydrogens (tertiary/aromatic N) is 1. The van der Waals surface area contributed by atoms with Gasteiger partial charge in [0.1, 0.15) is 0 Å². The first-order valence-corrected chi connectivity index (χ1v) is 6.96. The molecule has 0 aliphatic carbocycles. The Morgan fingerprint density at radius 2 is 1.45 bits per heavy atom. The van der Waals surface area contributed by atoms with E-state index in [1.54, 1.807) is 6.92 Å². The summed E-state index contributed by atoms with van der Waals surface area (Å²) in [6.07, 6.45) is 9.26. The quantitative estimate of drug-likeness (QED) is 0.369. The van der Waals surface area contributed by atoms with Crippen molar-refractivity contribution < 1.29 is 19.8 Å². The van der Waals surface area contributed by atoms with E-state index in [-0.39, 0.29) is 42.4 Å². The molecule has 0 aromatic rings. The average Bonchev–Trinajstić information content (AvgIpc) is 2.37. The van der Waals surface area contributed by atoms with Gasteiger partial charge in [-0.2, -0.15) is 0 Å². The first-order chi connectivity index (χ1) is 9.04. The molecule has 0 amide bonds. The second-order valence-electron chi connectivity index (χ2n) is 4.20. The van der Waals surface area contributed by atoms with Crippen LogP contribution in [0.3, 0.4) is 0 Å². The molecule has 0 bridgehead atoms. The van der Waals surface area contributed by atoms with Crippen LogP contribution in [0, 0.1) is 0 Å². The number of aliphatic carboxylic acids is 2. The van der Waals surface area contributed by atoms with Crippen molar-refractivity contribution in [2.75, 3.05) is 6.54 Å². The van der Waals surface area contributed by atoms with Gasteiger partial charge in [-0.15, -0.1) is 0 Å². The van der Waals surface area contributed by atoms with Crippen LogP contribution >= 0.6 is 0 Å². The van der Waals surface area contributed by atoms with Gasteiger partial charge in [0, 0.05) is 19.2 Å². The molecule has 0 spiro atoms. The van der Waals surface area contributed by atoms with Crippen molar-refractivity contribution in [3.05, 3.63) is 0 Å². The maximum atomic E-state index is 10.1. The van der Waals surface area contributed by atoms with Crippen molar-refractivity contribution in [1.82, 2.24) is 0 Å². The second-order valence-corrected chi connectivity index (χ2v) is 4.20. The Morgan fingerprint density at radius 3 is 1.90 bits per heavy atom. The molecule has 0 aromatic carbocycles. The summed E-state index contributed by atoms with van der Waals surface area (Å²) >= 11 is 0. The van der Waals surface area contributed by atoms with E-state index in [2.05, 4.69) is 11.9 Å². The second kappa shape index (κ2) is 20.9. The standard InChI is InChI=1S/C11H21NO2.C3H6O2.Na.H/c1-2-3-4-5-6-7-9-12-10-8-11(13)14;1-2-3(4)5;;/h10H,2-9H2,1H3,(H,13,14);2H2,1H3,(H,4,5);;. The molecule has 0 aliphatic rings. The SMILES string of the molecule is CCC(=O)O.CCCCCCCCN=CCC(=O)O.[NaH]. The van der Waals surface area contributed by atoms with Gasteiger partial charge in [-0.1, -0.05) is 46.0 Å². The molecule has 0 unspecified atom stereocenters. The van der Waals surface area contributed by atoms with E-state index in [1.807, 2.05) is 0 Å². The summed E-state index contributed by atoms with van der Waals surface area (Å²) in [5, 5.41) is 16.0. The third kappa shape index (κ3) is 30.6. The summed E-state index contributed by atoms with van der Waals surface area (Å²) in [7, 11) is 0. The third-order valence-corrected chi connectivity index (χ3v) is 2.34. The number of hydrogen-bond acceptors (Lipinski definition) is 3. The number of aliphatic imine (C=N–C) groups is 1. The van der Waals surface area contributed by atoms with Crippen molar-refractivity contribution in [2.45, 2.75) is 65.2 Å². The Bertz CT molecular complexity index is 258. The van der Waals surface area contributed by atoms with E-state index in [0.29, 0.717) is 0 Å². The summed E-state index contributed by atoms with van der Waals surface area (Å²) in [5.41, 5.74) is 0. The van der Waals surface area contributed by atoms with Gasteiger partial charge in [0.2, 0.25) is 0 Å². The topological polar surface area (TPSA) is 87.0 Å². The van der Waals surface area contributed by atoms with Crippen LogP contribution in [0.5, 0.6) is 0 Å². The van der Waals surface area contributed by atoms with E-state index in [0.717, 1.165) is 13.0 Å². The van der Waals surface area contributed by atoms with E-state index in [9.17, 15) is 9.59 Å². The van der Waals surface area contributed by atoms with Gasteiger partial charge in [-0.05, 0) is 6.42 Å². The number of hydrogen-bond donors (Lipinski definition) is 2. The van der Waals surface area contributed by atoms with Crippen LogP contribution in [0.15, 0.2) is 4.99 Å². The minimum atomic E-state index is -0.809. The van der Waals surface area contributed by atoms with Crippen molar-refractivity contribution in [1.29, 1.82) is 0 Å². The molecule has 0 rings (SSSR count). The van der Waals surface area contributed by atoms with E-state index in [1.165, 1.54) is 38.3 Å². The molecule has 0 atom stereocenters. The molecular formula is C14H28NNaO4. The van der Waals surface area contributed by atoms with E-state index in [4.69, 9.17) is 10.2 Å². The zero-order valence-electron chi connectivity index (χ0n) is 12.1. The van der Waals surface area contributed by atoms with Crippen LogP contribution in [-0.2, 0) is 9.59 Å². The number of carboxylic acid groups (broad SMARTS) is 2. The summed E-state index contributed by atoms with van der Waals surface area (Å²) in [6.45, 7) is 4.58. The van der Waals surface area contributed by atoms with Gasteiger partial charge in [-0.25, -0.2) is 0 Å². The van der Waals surface area contributed by atoms with Crippen molar-refractivity contribution in [3.8, 4) is 0 Å². The van der Waals surface area contributed by atoms with Gasteiger partial charge in [0.15, 0.2) is 0 Å². The van der Waals surface area contributed by atoms with Crippen molar-refractivity contribution >= 4 is 47.7 Å². The van der Waals surface area contributed by atoms with Crippen LogP contribution in [0.25, 0.3) is 0 Å². The van der Waals surface area contributed by atoms with Gasteiger partial charge in [0.25, 0.3) is 0 Å². The fourth-order valence-corrected chi connectivity index (χ4v) is 1.22. The first-order valence-electron chi connectivity index (χ1n) is 6.96.